The molecule has 0 fully saturated rings. The Morgan fingerprint density at radius 2 is 1.21 bits per heavy atom. The number of nitrogens with zero attached hydrogens (tertiary/aromatic N) is 2. The lowest BCUT2D eigenvalue weighted by Gasteiger charge is -2.22. The molecular weight excluding hydrogens is 875 g/mol. The van der Waals surface area contributed by atoms with Gasteiger partial charge in [-0.1, -0.05) is 71.9 Å². The van der Waals surface area contributed by atoms with E-state index < -0.39 is 25.0 Å². The first-order chi connectivity index (χ1) is 30.5. The molecule has 0 bridgehead atoms. The number of carbonyl (C=O) groups excluding carboxylic acids is 2. The maximum absolute atomic E-state index is 13.9. The van der Waals surface area contributed by atoms with E-state index in [9.17, 15) is 31.0 Å². The topological polar surface area (TPSA) is 187 Å². The fourth-order valence-corrected chi connectivity index (χ4v) is 10.1. The molecule has 4 N–H and O–H groups in total. The van der Waals surface area contributed by atoms with Gasteiger partial charge < -0.3 is 20.4 Å². The van der Waals surface area contributed by atoms with Gasteiger partial charge in [-0.15, -0.1) is 0 Å². The van der Waals surface area contributed by atoms with E-state index in [4.69, 9.17) is 9.41 Å². The Morgan fingerprint density at radius 1 is 0.667 bits per heavy atom. The van der Waals surface area contributed by atoms with Crippen LogP contribution >= 0.6 is 0 Å². The van der Waals surface area contributed by atoms with Crippen molar-refractivity contribution in [2.75, 3.05) is 30.0 Å². The Labute approximate surface area is 388 Å². The molecule has 1 aliphatic heterocycles. The number of rotatable bonds is 11. The summed E-state index contributed by atoms with van der Waals surface area (Å²) >= 11 is 0. The second kappa shape index (κ2) is 18.1. The average molecular weight is 936 g/mol. The van der Waals surface area contributed by atoms with Gasteiger partial charge in [-0.25, -0.2) is 17.7 Å². The summed E-state index contributed by atoms with van der Waals surface area (Å²) in [5.41, 5.74) is 8.40. The fraction of sp³-hybridized carbons (Fsp3) is 0.353. The normalized spacial score (nSPS) is 12.9. The summed E-state index contributed by atoms with van der Waals surface area (Å²) in [5, 5.41) is 9.98. The first-order valence-electron chi connectivity index (χ1n) is 21.6. The van der Waals surface area contributed by atoms with E-state index in [0.29, 0.717) is 56.8 Å². The molecule has 4 aromatic carbocycles. The van der Waals surface area contributed by atoms with Crippen molar-refractivity contribution in [1.82, 2.24) is 4.31 Å². The van der Waals surface area contributed by atoms with Crippen molar-refractivity contribution in [2.24, 2.45) is 15.8 Å². The number of aryl methyl sites for hydroxylation is 4. The molecule has 1 aliphatic carbocycles. The molecule has 0 spiro atoms. The van der Waals surface area contributed by atoms with Crippen LogP contribution in [0, 0.1) is 52.4 Å². The van der Waals surface area contributed by atoms with Crippen LogP contribution in [-0.2, 0) is 29.7 Å². The Kier molecular flexibility index (Phi) is 13.6. The highest BCUT2D eigenvalue weighted by Gasteiger charge is 2.29. The Morgan fingerprint density at radius 3 is 1.77 bits per heavy atom. The maximum Gasteiger partial charge on any atom is 0.296 e. The number of hydrogen-bond acceptors (Lipinski definition) is 9. The summed E-state index contributed by atoms with van der Waals surface area (Å²) in [4.78, 5) is 30.5. The third-order valence-electron chi connectivity index (χ3n) is 11.3. The van der Waals surface area contributed by atoms with E-state index in [2.05, 4.69) is 16.0 Å². The van der Waals surface area contributed by atoms with Crippen LogP contribution in [0.5, 0.6) is 0 Å². The van der Waals surface area contributed by atoms with Crippen LogP contribution in [0.15, 0.2) is 85.9 Å². The summed E-state index contributed by atoms with van der Waals surface area (Å²) in [6, 6.07) is 18.3. The van der Waals surface area contributed by atoms with Gasteiger partial charge in [-0.2, -0.15) is 8.42 Å². The quantitative estimate of drug-likeness (QED) is 0.0724. The highest BCUT2D eigenvalue weighted by molar-refractivity contribution is 7.89. The van der Waals surface area contributed by atoms with Gasteiger partial charge in [0.05, 0.1) is 15.9 Å². The Bertz CT molecular complexity index is 3210. The van der Waals surface area contributed by atoms with Gasteiger partial charge in [-0.3, -0.25) is 14.1 Å². The Hall–Kier alpha value is -5.87. The van der Waals surface area contributed by atoms with Crippen molar-refractivity contribution in [1.29, 1.82) is 0 Å². The van der Waals surface area contributed by atoms with Gasteiger partial charge in [-0.05, 0) is 110 Å². The number of carbonyl (C=O) groups is 2. The van der Waals surface area contributed by atoms with Crippen LogP contribution in [0.4, 0.5) is 28.4 Å². The van der Waals surface area contributed by atoms with E-state index in [0.717, 1.165) is 32.2 Å². The molecule has 2 amide bonds. The van der Waals surface area contributed by atoms with E-state index in [-0.39, 0.29) is 56.2 Å². The molecule has 0 saturated carbocycles. The molecule has 0 aromatic heterocycles. The van der Waals surface area contributed by atoms with E-state index in [1.807, 2.05) is 88.3 Å². The minimum atomic E-state index is -4.97. The maximum atomic E-state index is 13.9. The molecular formula is C51H61N5O8S2. The third-order valence-corrected chi connectivity index (χ3v) is 14.1. The molecule has 2 aliphatic rings. The van der Waals surface area contributed by atoms with Crippen LogP contribution in [-0.4, -0.2) is 51.6 Å². The van der Waals surface area contributed by atoms with Crippen molar-refractivity contribution in [3.05, 3.63) is 105 Å². The van der Waals surface area contributed by atoms with E-state index in [1.54, 1.807) is 43.3 Å². The minimum absolute atomic E-state index is 0.0351. The zero-order valence-corrected chi connectivity index (χ0v) is 41.9. The lowest BCUT2D eigenvalue weighted by Crippen LogP contribution is -2.23. The average Bonchev–Trinajstić information content (AvgIpc) is 3.18. The summed E-state index contributed by atoms with van der Waals surface area (Å²) < 4.78 is 73.3. The SMILES string of the molecule is Cc1cc(C)c(NC(=O)CC(C)(C)C)c(C)c1/N=c1\cc2oc3cc(Nc4c(C)cc(C)c(NC(=O)CC(C)(C)C)c4C)ccc3c(-c3ccccc3S(=O)(=O)N(C)C)c-2cc1S(=O)(=O)O. The highest BCUT2D eigenvalue weighted by atomic mass is 32.2. The smallest absolute Gasteiger partial charge is 0.296 e. The predicted molar refractivity (Wildman–Crippen MR) is 264 cm³/mol. The van der Waals surface area contributed by atoms with Crippen LogP contribution in [0.2, 0.25) is 0 Å². The molecule has 0 radical (unpaired) electrons. The van der Waals surface area contributed by atoms with Crippen molar-refractivity contribution >= 4 is 71.4 Å². The highest BCUT2D eigenvalue weighted by Crippen LogP contribution is 2.45. The van der Waals surface area contributed by atoms with Gasteiger partial charge in [0.2, 0.25) is 21.8 Å². The third kappa shape index (κ3) is 10.5. The van der Waals surface area contributed by atoms with Crippen molar-refractivity contribution in [3.63, 3.8) is 0 Å². The lowest BCUT2D eigenvalue weighted by atomic mass is 9.91. The number of fused-ring (bicyclic) bond motifs is 2. The molecule has 0 saturated heterocycles. The van der Waals surface area contributed by atoms with Crippen molar-refractivity contribution in [2.45, 2.75) is 106 Å². The summed E-state index contributed by atoms with van der Waals surface area (Å²) in [5.74, 6) is -0.138. The van der Waals surface area contributed by atoms with Gasteiger partial charge in [0.25, 0.3) is 10.1 Å². The van der Waals surface area contributed by atoms with Crippen LogP contribution < -0.4 is 21.3 Å². The summed E-state index contributed by atoms with van der Waals surface area (Å²) in [7, 11) is -6.17. The number of anilines is 4. The van der Waals surface area contributed by atoms with Crippen LogP contribution in [0.25, 0.3) is 33.4 Å². The van der Waals surface area contributed by atoms with Gasteiger partial charge in [0, 0.05) is 83.9 Å². The number of sulfonamides is 1. The second-order valence-corrected chi connectivity index (χ2v) is 23.3. The molecule has 350 valence electrons. The second-order valence-electron chi connectivity index (χ2n) is 19.8. The minimum Gasteiger partial charge on any atom is -0.456 e. The van der Waals surface area contributed by atoms with Crippen LogP contribution in [0.3, 0.4) is 0 Å². The zero-order chi connectivity index (χ0) is 49.0. The lowest BCUT2D eigenvalue weighted by molar-refractivity contribution is -0.118. The summed E-state index contributed by atoms with van der Waals surface area (Å²) in [6.07, 6.45) is 0.602. The van der Waals surface area contributed by atoms with Gasteiger partial charge in [0.15, 0.2) is 0 Å². The molecule has 1 heterocycles. The molecule has 66 heavy (non-hydrogen) atoms. The zero-order valence-electron chi connectivity index (χ0n) is 40.3. The molecule has 4 aromatic rings. The first kappa shape index (κ1) is 49.6. The predicted octanol–water partition coefficient (Wildman–Crippen LogP) is 11.3. The number of nitrogens with one attached hydrogen (secondary N) is 3. The van der Waals surface area contributed by atoms with Crippen molar-refractivity contribution in [3.8, 4) is 22.5 Å². The molecule has 0 unspecified atom stereocenters. The van der Waals surface area contributed by atoms with Crippen molar-refractivity contribution < 1.29 is 35.4 Å². The standard InChI is InChI=1S/C51H61N5O8S2/c1-28-21-30(3)48(54-43(57)26-50(7,8)9)32(5)46(28)52-34-19-20-35-39(23-34)64-40-25-38(53-47-29(2)22-31(4)49(33(47)6)55-44(58)27-51(10,11)12)42(66(61,62)63)24-37(40)45(35)36-17-15-16-18-41(36)65(59,60)56(13)14/h15-25,52H,26-27H2,1-14H3,(H,54,57)(H,55,58)(H,61,62,63)/b53-38+. The Balaban J connectivity index is 1.65. The van der Waals surface area contributed by atoms with Crippen LogP contribution in [0.1, 0.15) is 87.8 Å². The first-order valence-corrected chi connectivity index (χ1v) is 24.5. The largest absolute Gasteiger partial charge is 0.456 e. The monoisotopic (exact) mass is 935 g/mol. The summed E-state index contributed by atoms with van der Waals surface area (Å²) in [6.45, 7) is 23.3. The van der Waals surface area contributed by atoms with E-state index >= 15 is 0 Å². The number of hydrogen-bond donors (Lipinski definition) is 4. The van der Waals surface area contributed by atoms with E-state index in [1.165, 1.54) is 32.3 Å². The molecule has 13 nitrogen and oxygen atoms in total. The fourth-order valence-electron chi connectivity index (χ4n) is 8.37. The van der Waals surface area contributed by atoms with Gasteiger partial charge in [0.1, 0.15) is 16.2 Å². The molecule has 0 atom stereocenters. The van der Waals surface area contributed by atoms with Gasteiger partial charge >= 0.3 is 0 Å². The molecule has 15 heteroatoms. The molecule has 6 rings (SSSR count). The number of amides is 2. The number of benzene rings is 5.